The summed E-state index contributed by atoms with van der Waals surface area (Å²) in [5.74, 6) is 2.45. The number of carbonyl (C=O) groups excluding carboxylic acids is 1. The fourth-order valence-corrected chi connectivity index (χ4v) is 6.01. The average molecular weight is 495 g/mol. The predicted octanol–water partition coefficient (Wildman–Crippen LogP) is 4.69. The van der Waals surface area contributed by atoms with Crippen molar-refractivity contribution in [3.05, 3.63) is 59.4 Å². The molecule has 1 atom stereocenters. The highest BCUT2D eigenvalue weighted by molar-refractivity contribution is 7.99. The Kier molecular flexibility index (Phi) is 5.84. The van der Waals surface area contributed by atoms with Gasteiger partial charge in [0, 0.05) is 19.0 Å². The minimum Gasteiger partial charge on any atom is -0.485 e. The fourth-order valence-electron chi connectivity index (χ4n) is 4.21. The van der Waals surface area contributed by atoms with Crippen molar-refractivity contribution in [2.24, 2.45) is 0 Å². The van der Waals surface area contributed by atoms with E-state index in [2.05, 4.69) is 22.3 Å². The van der Waals surface area contributed by atoms with Gasteiger partial charge in [-0.3, -0.25) is 4.79 Å². The van der Waals surface area contributed by atoms with E-state index in [0.717, 1.165) is 31.4 Å². The number of amides is 1. The molecule has 2 aromatic carbocycles. The Bertz CT molecular complexity index is 1280. The zero-order valence-corrected chi connectivity index (χ0v) is 19.9. The van der Waals surface area contributed by atoms with E-state index >= 15 is 0 Å². The van der Waals surface area contributed by atoms with E-state index in [1.165, 1.54) is 21.5 Å². The highest BCUT2D eigenvalue weighted by Crippen LogP contribution is 2.36. The number of fused-ring (bicyclic) bond motifs is 2. The first-order chi connectivity index (χ1) is 16.7. The maximum absolute atomic E-state index is 12.8. The second kappa shape index (κ2) is 9.27. The second-order valence-corrected chi connectivity index (χ2v) is 10.2. The van der Waals surface area contributed by atoms with Gasteiger partial charge in [-0.05, 0) is 37.1 Å². The Balaban J connectivity index is 1.01. The number of thioether (sulfide) groups is 1. The summed E-state index contributed by atoms with van der Waals surface area (Å²) < 4.78 is 18.6. The van der Waals surface area contributed by atoms with Gasteiger partial charge in [0.05, 0.1) is 21.0 Å². The molecule has 1 saturated heterocycles. The first-order valence-electron chi connectivity index (χ1n) is 11.2. The zero-order valence-electron chi connectivity index (χ0n) is 18.3. The van der Waals surface area contributed by atoms with Gasteiger partial charge < -0.3 is 18.8 Å². The van der Waals surface area contributed by atoms with Crippen LogP contribution in [0.5, 0.6) is 11.5 Å². The SMILES string of the molecule is O=C(CSc1nnc([C@@H]2COc3ccccc3O2)o1)N1CCC(c2nc3ccccc3s2)CC1. The molecule has 1 amide bonds. The molecular weight excluding hydrogens is 472 g/mol. The number of aromatic nitrogens is 3. The van der Waals surface area contributed by atoms with E-state index < -0.39 is 6.10 Å². The number of hydrogen-bond donors (Lipinski definition) is 0. The number of ether oxygens (including phenoxy) is 2. The van der Waals surface area contributed by atoms with E-state index in [9.17, 15) is 4.79 Å². The summed E-state index contributed by atoms with van der Waals surface area (Å²) in [5, 5.41) is 9.70. The minimum atomic E-state index is -0.464. The van der Waals surface area contributed by atoms with Crippen molar-refractivity contribution in [3.63, 3.8) is 0 Å². The van der Waals surface area contributed by atoms with Crippen molar-refractivity contribution in [2.75, 3.05) is 25.4 Å². The molecule has 0 unspecified atom stereocenters. The Morgan fingerprint density at radius 1 is 1.06 bits per heavy atom. The predicted molar refractivity (Wildman–Crippen MR) is 129 cm³/mol. The van der Waals surface area contributed by atoms with Crippen LogP contribution < -0.4 is 9.47 Å². The number of likely N-dealkylation sites (tertiary alicyclic amines) is 1. The molecule has 0 bridgehead atoms. The summed E-state index contributed by atoms with van der Waals surface area (Å²) in [6.07, 6.45) is 1.40. The molecular formula is C24H22N4O4S2. The molecule has 6 rings (SSSR count). The highest BCUT2D eigenvalue weighted by Gasteiger charge is 2.29. The Morgan fingerprint density at radius 3 is 2.71 bits per heavy atom. The number of piperidine rings is 1. The van der Waals surface area contributed by atoms with Crippen molar-refractivity contribution in [2.45, 2.75) is 30.1 Å². The summed E-state index contributed by atoms with van der Waals surface area (Å²) in [5.41, 5.74) is 1.06. The molecule has 0 N–H and O–H groups in total. The molecule has 2 aromatic heterocycles. The normalized spacial score (nSPS) is 18.4. The number of nitrogens with zero attached hydrogens (tertiary/aromatic N) is 4. The maximum Gasteiger partial charge on any atom is 0.277 e. The molecule has 0 radical (unpaired) electrons. The van der Waals surface area contributed by atoms with Crippen LogP contribution in [-0.4, -0.2) is 51.4 Å². The molecule has 10 heteroatoms. The molecule has 0 aliphatic carbocycles. The van der Waals surface area contributed by atoms with E-state index in [0.29, 0.717) is 35.1 Å². The highest BCUT2D eigenvalue weighted by atomic mass is 32.2. The van der Waals surface area contributed by atoms with Gasteiger partial charge in [-0.25, -0.2) is 4.98 Å². The van der Waals surface area contributed by atoms with Crippen LogP contribution in [-0.2, 0) is 4.79 Å². The zero-order chi connectivity index (χ0) is 22.9. The van der Waals surface area contributed by atoms with Crippen LogP contribution in [0.15, 0.2) is 58.2 Å². The van der Waals surface area contributed by atoms with E-state index in [1.807, 2.05) is 41.3 Å². The molecule has 4 heterocycles. The van der Waals surface area contributed by atoms with E-state index in [1.54, 1.807) is 11.3 Å². The van der Waals surface area contributed by atoms with Gasteiger partial charge in [0.25, 0.3) is 11.1 Å². The number of para-hydroxylation sites is 3. The molecule has 0 spiro atoms. The molecule has 2 aliphatic rings. The lowest BCUT2D eigenvalue weighted by molar-refractivity contribution is -0.129. The van der Waals surface area contributed by atoms with Crippen LogP contribution in [0.2, 0.25) is 0 Å². The summed E-state index contributed by atoms with van der Waals surface area (Å²) in [6, 6.07) is 15.7. The van der Waals surface area contributed by atoms with Gasteiger partial charge in [-0.15, -0.1) is 21.5 Å². The van der Waals surface area contributed by atoms with Crippen LogP contribution in [0.25, 0.3) is 10.2 Å². The second-order valence-electron chi connectivity index (χ2n) is 8.23. The van der Waals surface area contributed by atoms with Crippen LogP contribution in [0.4, 0.5) is 0 Å². The standard InChI is InChI=1S/C24H22N4O4S2/c29-21(28-11-9-15(10-12-28)23-25-16-5-1-4-8-20(16)34-23)14-33-24-27-26-22(32-24)19-13-30-17-6-2-3-7-18(17)31-19/h1-8,15,19H,9-14H2/t19-/m0/s1. The average Bonchev–Trinajstić information content (AvgIpc) is 3.54. The molecule has 0 saturated carbocycles. The third kappa shape index (κ3) is 4.35. The number of carbonyl (C=O) groups is 1. The molecule has 2 aliphatic heterocycles. The van der Waals surface area contributed by atoms with Gasteiger partial charge in [0.15, 0.2) is 11.5 Å². The van der Waals surface area contributed by atoms with Crippen LogP contribution in [0.1, 0.15) is 35.8 Å². The van der Waals surface area contributed by atoms with Crippen molar-refractivity contribution < 1.29 is 18.7 Å². The first kappa shape index (κ1) is 21.4. The van der Waals surface area contributed by atoms with E-state index in [4.69, 9.17) is 18.9 Å². The Morgan fingerprint density at radius 2 is 1.85 bits per heavy atom. The Hall–Kier alpha value is -3.11. The summed E-state index contributed by atoms with van der Waals surface area (Å²) in [4.78, 5) is 19.5. The van der Waals surface area contributed by atoms with Gasteiger partial charge in [-0.1, -0.05) is 36.0 Å². The quantitative estimate of drug-likeness (QED) is 0.369. The minimum absolute atomic E-state index is 0.0821. The largest absolute Gasteiger partial charge is 0.485 e. The molecule has 34 heavy (non-hydrogen) atoms. The smallest absolute Gasteiger partial charge is 0.277 e. The Labute approximate surface area is 204 Å². The molecule has 174 valence electrons. The topological polar surface area (TPSA) is 90.6 Å². The fraction of sp³-hybridized carbons (Fsp3) is 0.333. The number of rotatable bonds is 5. The number of benzene rings is 2. The van der Waals surface area contributed by atoms with Crippen LogP contribution >= 0.6 is 23.1 Å². The molecule has 4 aromatic rings. The summed E-state index contributed by atoms with van der Waals surface area (Å²) >= 11 is 3.02. The van der Waals surface area contributed by atoms with Gasteiger partial charge in [-0.2, -0.15) is 0 Å². The van der Waals surface area contributed by atoms with Crippen molar-refractivity contribution in [3.8, 4) is 11.5 Å². The molecule has 1 fully saturated rings. The summed E-state index contributed by atoms with van der Waals surface area (Å²) in [7, 11) is 0. The lowest BCUT2D eigenvalue weighted by atomic mass is 9.97. The van der Waals surface area contributed by atoms with Crippen LogP contribution in [0.3, 0.4) is 0 Å². The third-order valence-electron chi connectivity index (χ3n) is 6.03. The third-order valence-corrected chi connectivity index (χ3v) is 8.03. The van der Waals surface area contributed by atoms with Crippen molar-refractivity contribution in [1.82, 2.24) is 20.1 Å². The molecule has 8 nitrogen and oxygen atoms in total. The lowest BCUT2D eigenvalue weighted by Crippen LogP contribution is -2.38. The van der Waals surface area contributed by atoms with Gasteiger partial charge in [0.1, 0.15) is 6.61 Å². The van der Waals surface area contributed by atoms with Crippen molar-refractivity contribution >= 4 is 39.2 Å². The van der Waals surface area contributed by atoms with E-state index in [-0.39, 0.29) is 11.7 Å². The van der Waals surface area contributed by atoms with Gasteiger partial charge in [0.2, 0.25) is 12.0 Å². The van der Waals surface area contributed by atoms with Crippen LogP contribution in [0, 0.1) is 0 Å². The number of hydrogen-bond acceptors (Lipinski definition) is 9. The summed E-state index contributed by atoms with van der Waals surface area (Å²) in [6.45, 7) is 1.77. The monoisotopic (exact) mass is 494 g/mol. The first-order valence-corrected chi connectivity index (χ1v) is 13.0. The lowest BCUT2D eigenvalue weighted by Gasteiger charge is -2.31. The number of thiazole rings is 1. The van der Waals surface area contributed by atoms with Gasteiger partial charge >= 0.3 is 0 Å². The maximum atomic E-state index is 12.8. The van der Waals surface area contributed by atoms with Crippen molar-refractivity contribution in [1.29, 1.82) is 0 Å².